The maximum Gasteiger partial charge on any atom is 0.401 e. The maximum absolute atomic E-state index is 14.1. The topological polar surface area (TPSA) is 108 Å². The highest BCUT2D eigenvalue weighted by molar-refractivity contribution is 5.96. The highest BCUT2D eigenvalue weighted by Gasteiger charge is 2.28. The molecular weight excluding hydrogens is 442 g/mol. The molecule has 0 aromatic carbocycles. The molecule has 0 aliphatic rings. The summed E-state index contributed by atoms with van der Waals surface area (Å²) in [5, 5.41) is 5.18. The van der Waals surface area contributed by atoms with E-state index in [0.29, 0.717) is 27.9 Å². The Kier molecular flexibility index (Phi) is 6.01. The number of halogens is 4. The third kappa shape index (κ3) is 5.12. The lowest BCUT2D eigenvalue weighted by Crippen LogP contribution is -2.42. The Hall–Kier alpha value is -3.93. The first-order valence-electron chi connectivity index (χ1n) is 9.73. The van der Waals surface area contributed by atoms with Crippen LogP contribution in [0.2, 0.25) is 0 Å². The molecule has 0 saturated carbocycles. The Morgan fingerprint density at radius 3 is 2.76 bits per heavy atom. The molecule has 4 aromatic rings. The molecule has 1 atom stereocenters. The van der Waals surface area contributed by atoms with Gasteiger partial charge in [0.05, 0.1) is 30.7 Å². The van der Waals surface area contributed by atoms with Crippen LogP contribution in [0.1, 0.15) is 6.92 Å². The van der Waals surface area contributed by atoms with E-state index in [1.807, 2.05) is 0 Å². The minimum absolute atomic E-state index is 0.0647. The number of carbonyl (C=O) groups excluding carboxylic acids is 1. The fraction of sp³-hybridized carbons (Fsp3) is 0.190. The van der Waals surface area contributed by atoms with E-state index in [1.54, 1.807) is 24.4 Å². The number of carbonyl (C=O) groups is 1. The molecule has 0 spiro atoms. The third-order valence-corrected chi connectivity index (χ3v) is 4.76. The van der Waals surface area contributed by atoms with Gasteiger partial charge >= 0.3 is 6.18 Å². The number of alkyl halides is 3. The molecule has 0 fully saturated rings. The monoisotopic (exact) mass is 459 g/mol. The summed E-state index contributed by atoms with van der Waals surface area (Å²) in [6.45, 7) is 0.0122. The zero-order valence-electron chi connectivity index (χ0n) is 17.1. The van der Waals surface area contributed by atoms with Crippen molar-refractivity contribution in [3.8, 4) is 22.4 Å². The molecule has 33 heavy (non-hydrogen) atoms. The lowest BCUT2D eigenvalue weighted by molar-refractivity contribution is -0.129. The van der Waals surface area contributed by atoms with Gasteiger partial charge in [0, 0.05) is 40.7 Å². The third-order valence-electron chi connectivity index (χ3n) is 4.76. The summed E-state index contributed by atoms with van der Waals surface area (Å²) in [7, 11) is 0. The Morgan fingerprint density at radius 2 is 2.00 bits per heavy atom. The first kappa shape index (κ1) is 22.3. The van der Waals surface area contributed by atoms with Crippen LogP contribution >= 0.6 is 0 Å². The number of pyridine rings is 2. The number of aromatic nitrogens is 5. The number of aromatic amines is 1. The van der Waals surface area contributed by atoms with E-state index >= 15 is 0 Å². The van der Waals surface area contributed by atoms with Crippen molar-refractivity contribution in [1.29, 1.82) is 0 Å². The van der Waals surface area contributed by atoms with Crippen molar-refractivity contribution in [2.24, 2.45) is 0 Å². The largest absolute Gasteiger partial charge is 0.401 e. The fourth-order valence-corrected chi connectivity index (χ4v) is 3.12. The second-order valence-electron chi connectivity index (χ2n) is 7.16. The highest BCUT2D eigenvalue weighted by Crippen LogP contribution is 2.30. The van der Waals surface area contributed by atoms with Crippen molar-refractivity contribution >= 4 is 22.8 Å². The fourth-order valence-electron chi connectivity index (χ4n) is 3.12. The van der Waals surface area contributed by atoms with Gasteiger partial charge in [-0.2, -0.15) is 17.6 Å². The summed E-state index contributed by atoms with van der Waals surface area (Å²) >= 11 is 0. The molecule has 0 bridgehead atoms. The number of H-pyrrole nitrogens is 1. The van der Waals surface area contributed by atoms with Crippen LogP contribution in [-0.4, -0.2) is 49.6 Å². The van der Waals surface area contributed by atoms with Crippen LogP contribution in [-0.2, 0) is 4.79 Å². The van der Waals surface area contributed by atoms with E-state index in [-0.39, 0.29) is 11.4 Å². The van der Waals surface area contributed by atoms with Gasteiger partial charge in [0.25, 0.3) is 0 Å². The second-order valence-corrected chi connectivity index (χ2v) is 7.16. The number of amides is 1. The number of fused-ring (bicyclic) bond motifs is 1. The van der Waals surface area contributed by atoms with Crippen LogP contribution in [0.4, 0.5) is 23.4 Å². The van der Waals surface area contributed by atoms with E-state index in [2.05, 4.69) is 35.6 Å². The van der Waals surface area contributed by atoms with Gasteiger partial charge in [-0.15, -0.1) is 0 Å². The van der Waals surface area contributed by atoms with Crippen molar-refractivity contribution in [2.75, 3.05) is 11.9 Å². The van der Waals surface area contributed by atoms with Crippen molar-refractivity contribution in [1.82, 2.24) is 30.2 Å². The highest BCUT2D eigenvalue weighted by atomic mass is 19.4. The predicted molar refractivity (Wildman–Crippen MR) is 112 cm³/mol. The summed E-state index contributed by atoms with van der Waals surface area (Å²) in [5.41, 5.74) is 2.29. The molecule has 3 N–H and O–H groups in total. The van der Waals surface area contributed by atoms with E-state index in [0.717, 1.165) is 0 Å². The normalized spacial score (nSPS) is 12.6. The van der Waals surface area contributed by atoms with E-state index < -0.39 is 30.6 Å². The van der Waals surface area contributed by atoms with Crippen LogP contribution < -0.4 is 10.6 Å². The van der Waals surface area contributed by atoms with Gasteiger partial charge in [-0.05, 0) is 25.1 Å². The van der Waals surface area contributed by atoms with Crippen molar-refractivity contribution < 1.29 is 22.4 Å². The Bertz CT molecular complexity index is 1310. The molecule has 0 saturated heterocycles. The van der Waals surface area contributed by atoms with Crippen LogP contribution in [0.25, 0.3) is 33.4 Å². The molecule has 170 valence electrons. The quantitative estimate of drug-likeness (QED) is 0.300. The lowest BCUT2D eigenvalue weighted by atomic mass is 10.1. The Labute approximate surface area is 184 Å². The maximum atomic E-state index is 14.1. The van der Waals surface area contributed by atoms with Crippen LogP contribution in [0.5, 0.6) is 0 Å². The van der Waals surface area contributed by atoms with Gasteiger partial charge < -0.3 is 10.3 Å². The van der Waals surface area contributed by atoms with Gasteiger partial charge in [-0.3, -0.25) is 15.1 Å². The first-order valence-corrected chi connectivity index (χ1v) is 9.73. The summed E-state index contributed by atoms with van der Waals surface area (Å²) in [5.74, 6) is -1.26. The van der Waals surface area contributed by atoms with Crippen LogP contribution in [0.3, 0.4) is 0 Å². The average Bonchev–Trinajstić information content (AvgIpc) is 3.20. The van der Waals surface area contributed by atoms with Crippen LogP contribution in [0, 0.1) is 5.95 Å². The minimum atomic E-state index is -4.44. The standard InChI is InChI=1S/C21H17F4N7O/c1-11(30-10-21(23,24)25)20(33)32-17-9-26-8-16(31-17)15-7-29-19-14(15)5-12(6-28-19)13-3-2-4-27-18(13)22/h2-9,11,30H,10H2,1H3,(H,28,29)(H,31,32,33)/t11-/m1/s1. The molecule has 4 rings (SSSR count). The SMILES string of the molecule is C[C@@H](NCC(F)(F)F)C(=O)Nc1cncc(-c2c[nH]c3ncc(-c4cccnc4F)cc23)n1. The van der Waals surface area contributed by atoms with Gasteiger partial charge in [0.15, 0.2) is 5.82 Å². The van der Waals surface area contributed by atoms with Crippen molar-refractivity contribution in [2.45, 2.75) is 19.1 Å². The summed E-state index contributed by atoms with van der Waals surface area (Å²) < 4.78 is 51.2. The molecule has 0 radical (unpaired) electrons. The zero-order valence-corrected chi connectivity index (χ0v) is 17.1. The van der Waals surface area contributed by atoms with Crippen LogP contribution in [0.15, 0.2) is 49.2 Å². The molecule has 4 aromatic heterocycles. The average molecular weight is 459 g/mol. The smallest absolute Gasteiger partial charge is 0.345 e. The zero-order chi connectivity index (χ0) is 23.6. The summed E-state index contributed by atoms with van der Waals surface area (Å²) in [6.07, 6.45) is 2.81. The molecule has 0 aliphatic carbocycles. The van der Waals surface area contributed by atoms with Gasteiger partial charge in [-0.25, -0.2) is 15.0 Å². The first-order chi connectivity index (χ1) is 15.7. The number of anilines is 1. The number of rotatable bonds is 6. The predicted octanol–water partition coefficient (Wildman–Crippen LogP) is 3.70. The molecule has 0 aliphatic heterocycles. The Morgan fingerprint density at radius 1 is 1.18 bits per heavy atom. The number of nitrogens with one attached hydrogen (secondary N) is 3. The second kappa shape index (κ2) is 8.90. The van der Waals surface area contributed by atoms with Crippen molar-refractivity contribution in [3.63, 3.8) is 0 Å². The number of hydrogen-bond donors (Lipinski definition) is 3. The molecule has 0 unspecified atom stereocenters. The number of nitrogens with zero attached hydrogens (tertiary/aromatic N) is 4. The minimum Gasteiger partial charge on any atom is -0.345 e. The number of hydrogen-bond acceptors (Lipinski definition) is 6. The Balaban J connectivity index is 1.59. The van der Waals surface area contributed by atoms with Gasteiger partial charge in [-0.1, -0.05) is 0 Å². The summed E-state index contributed by atoms with van der Waals surface area (Å²) in [6, 6.07) is 3.82. The molecule has 12 heteroatoms. The molecule has 4 heterocycles. The molecule has 8 nitrogen and oxygen atoms in total. The molecular formula is C21H17F4N7O. The molecule has 1 amide bonds. The van der Waals surface area contributed by atoms with Gasteiger partial charge in [0.2, 0.25) is 11.9 Å². The van der Waals surface area contributed by atoms with E-state index in [4.69, 9.17) is 0 Å². The lowest BCUT2D eigenvalue weighted by Gasteiger charge is -2.15. The van der Waals surface area contributed by atoms with E-state index in [1.165, 1.54) is 31.7 Å². The van der Waals surface area contributed by atoms with E-state index in [9.17, 15) is 22.4 Å². The summed E-state index contributed by atoms with van der Waals surface area (Å²) in [4.78, 5) is 31.6. The van der Waals surface area contributed by atoms with Gasteiger partial charge in [0.1, 0.15) is 5.65 Å². The van der Waals surface area contributed by atoms with Crippen molar-refractivity contribution in [3.05, 3.63) is 55.1 Å².